The number of amides is 2. The van der Waals surface area contributed by atoms with Crippen molar-refractivity contribution in [1.82, 2.24) is 10.3 Å². The molecule has 118 valence electrons. The molecule has 0 radical (unpaired) electrons. The molecule has 5 nitrogen and oxygen atoms in total. The molecule has 2 aromatic heterocycles. The minimum atomic E-state index is -0.194. The number of carbonyl (C=O) groups excluding carboxylic acids is 2. The first-order valence-electron chi connectivity index (χ1n) is 6.78. The van der Waals surface area contributed by atoms with Crippen LogP contribution < -0.4 is 10.6 Å². The topological polar surface area (TPSA) is 71.1 Å². The van der Waals surface area contributed by atoms with E-state index in [0.717, 1.165) is 10.2 Å². The van der Waals surface area contributed by atoms with E-state index in [2.05, 4.69) is 15.6 Å². The van der Waals surface area contributed by atoms with Gasteiger partial charge in [0.1, 0.15) is 0 Å². The molecule has 3 rings (SSSR count). The summed E-state index contributed by atoms with van der Waals surface area (Å²) >= 11 is 8.75. The van der Waals surface area contributed by atoms with E-state index in [-0.39, 0.29) is 24.8 Å². The lowest BCUT2D eigenvalue weighted by molar-refractivity contribution is -0.116. The molecule has 0 saturated carbocycles. The van der Waals surface area contributed by atoms with Gasteiger partial charge in [0.2, 0.25) is 5.91 Å². The quantitative estimate of drug-likeness (QED) is 0.723. The molecule has 3 aromatic rings. The Labute approximate surface area is 145 Å². The molecule has 8 heteroatoms. The summed E-state index contributed by atoms with van der Waals surface area (Å²) in [6.45, 7) is 0.275. The Morgan fingerprint density at radius 2 is 2.13 bits per heavy atom. The van der Waals surface area contributed by atoms with Crippen LogP contribution in [0.3, 0.4) is 0 Å². The van der Waals surface area contributed by atoms with Crippen LogP contribution in [-0.2, 0) is 4.79 Å². The Kier molecular flexibility index (Phi) is 4.90. The van der Waals surface area contributed by atoms with Gasteiger partial charge in [-0.15, -0.1) is 0 Å². The van der Waals surface area contributed by atoms with Gasteiger partial charge < -0.3 is 10.6 Å². The van der Waals surface area contributed by atoms with Crippen molar-refractivity contribution < 1.29 is 9.59 Å². The molecule has 2 amide bonds. The van der Waals surface area contributed by atoms with E-state index in [4.69, 9.17) is 11.6 Å². The highest BCUT2D eigenvalue weighted by molar-refractivity contribution is 7.22. The van der Waals surface area contributed by atoms with E-state index >= 15 is 0 Å². The van der Waals surface area contributed by atoms with Gasteiger partial charge in [0.05, 0.1) is 10.2 Å². The normalized spacial score (nSPS) is 10.7. The van der Waals surface area contributed by atoms with Gasteiger partial charge in [-0.1, -0.05) is 22.9 Å². The molecule has 0 bridgehead atoms. The third-order valence-electron chi connectivity index (χ3n) is 3.02. The van der Waals surface area contributed by atoms with E-state index < -0.39 is 0 Å². The third-order valence-corrected chi connectivity index (χ3v) is 4.87. The van der Waals surface area contributed by atoms with Crippen LogP contribution in [0.15, 0.2) is 35.0 Å². The number of hydrogen-bond acceptors (Lipinski definition) is 5. The van der Waals surface area contributed by atoms with Gasteiger partial charge >= 0.3 is 0 Å². The standard InChI is InChI=1S/C15H12ClN3O2S2/c16-10-1-2-11-12(7-10)23-15(18-11)19-13(20)3-5-17-14(21)9-4-6-22-8-9/h1-2,4,6-8H,3,5H2,(H,17,21)(H,18,19,20). The molecule has 1 aromatic carbocycles. The fourth-order valence-corrected chi connectivity index (χ4v) is 3.71. The molecule has 0 aliphatic carbocycles. The van der Waals surface area contributed by atoms with Crippen molar-refractivity contribution in [1.29, 1.82) is 0 Å². The molecule has 0 saturated heterocycles. The highest BCUT2D eigenvalue weighted by Gasteiger charge is 2.10. The minimum Gasteiger partial charge on any atom is -0.351 e. The van der Waals surface area contributed by atoms with E-state index in [0.29, 0.717) is 15.7 Å². The summed E-state index contributed by atoms with van der Waals surface area (Å²) < 4.78 is 0.915. The molecule has 2 heterocycles. The van der Waals surface area contributed by atoms with Gasteiger partial charge in [0, 0.05) is 28.9 Å². The summed E-state index contributed by atoms with van der Waals surface area (Å²) in [6, 6.07) is 7.12. The fraction of sp³-hybridized carbons (Fsp3) is 0.133. The third kappa shape index (κ3) is 4.07. The van der Waals surface area contributed by atoms with Crippen molar-refractivity contribution in [2.24, 2.45) is 0 Å². The highest BCUT2D eigenvalue weighted by atomic mass is 35.5. The van der Waals surface area contributed by atoms with Gasteiger partial charge in [-0.2, -0.15) is 11.3 Å². The lowest BCUT2D eigenvalue weighted by Crippen LogP contribution is -2.27. The van der Waals surface area contributed by atoms with E-state index in [9.17, 15) is 9.59 Å². The Morgan fingerprint density at radius 3 is 2.91 bits per heavy atom. The van der Waals surface area contributed by atoms with Crippen LogP contribution >= 0.6 is 34.3 Å². The van der Waals surface area contributed by atoms with E-state index in [1.54, 1.807) is 17.5 Å². The number of rotatable bonds is 5. The molecule has 23 heavy (non-hydrogen) atoms. The second kappa shape index (κ2) is 7.08. The Balaban J connectivity index is 1.51. The molecular formula is C15H12ClN3O2S2. The molecular weight excluding hydrogens is 354 g/mol. The van der Waals surface area contributed by atoms with Gasteiger partial charge in [-0.25, -0.2) is 4.98 Å². The number of fused-ring (bicyclic) bond motifs is 1. The monoisotopic (exact) mass is 365 g/mol. The first-order valence-corrected chi connectivity index (χ1v) is 8.92. The van der Waals surface area contributed by atoms with Gasteiger partial charge in [0.25, 0.3) is 5.91 Å². The number of anilines is 1. The highest BCUT2D eigenvalue weighted by Crippen LogP contribution is 2.28. The minimum absolute atomic E-state index is 0.173. The Hall–Kier alpha value is -1.96. The second-order valence-electron chi connectivity index (χ2n) is 4.70. The number of thiazole rings is 1. The second-order valence-corrected chi connectivity index (χ2v) is 6.94. The first kappa shape index (κ1) is 15.9. The maximum absolute atomic E-state index is 11.9. The van der Waals surface area contributed by atoms with Crippen LogP contribution in [-0.4, -0.2) is 23.3 Å². The first-order chi connectivity index (χ1) is 11.1. The van der Waals surface area contributed by atoms with Crippen LogP contribution in [0.1, 0.15) is 16.8 Å². The number of nitrogens with one attached hydrogen (secondary N) is 2. The van der Waals surface area contributed by atoms with Crippen molar-refractivity contribution in [2.75, 3.05) is 11.9 Å². The molecule has 0 aliphatic heterocycles. The van der Waals surface area contributed by atoms with Gasteiger partial charge in [0.15, 0.2) is 5.13 Å². The number of hydrogen-bond donors (Lipinski definition) is 2. The smallest absolute Gasteiger partial charge is 0.252 e. The summed E-state index contributed by atoms with van der Waals surface area (Å²) in [7, 11) is 0. The Bertz CT molecular complexity index is 846. The van der Waals surface area contributed by atoms with Crippen molar-refractivity contribution in [2.45, 2.75) is 6.42 Å². The molecule has 0 atom stereocenters. The average Bonchev–Trinajstić information content (AvgIpc) is 3.15. The summed E-state index contributed by atoms with van der Waals surface area (Å²) in [4.78, 5) is 28.0. The van der Waals surface area contributed by atoms with Crippen LogP contribution in [0.2, 0.25) is 5.02 Å². The maximum Gasteiger partial charge on any atom is 0.252 e. The number of carbonyl (C=O) groups is 2. The summed E-state index contributed by atoms with van der Waals surface area (Å²) in [5, 5.41) is 10.2. The van der Waals surface area contributed by atoms with Crippen molar-refractivity contribution in [3.8, 4) is 0 Å². The van der Waals surface area contributed by atoms with Crippen LogP contribution in [0.25, 0.3) is 10.2 Å². The van der Waals surface area contributed by atoms with Gasteiger partial charge in [-0.3, -0.25) is 9.59 Å². The fourth-order valence-electron chi connectivity index (χ4n) is 1.92. The number of benzene rings is 1. The lowest BCUT2D eigenvalue weighted by atomic mass is 10.3. The van der Waals surface area contributed by atoms with Crippen LogP contribution in [0.4, 0.5) is 5.13 Å². The Morgan fingerprint density at radius 1 is 1.26 bits per heavy atom. The maximum atomic E-state index is 11.9. The van der Waals surface area contributed by atoms with Crippen LogP contribution in [0.5, 0.6) is 0 Å². The lowest BCUT2D eigenvalue weighted by Gasteiger charge is -2.03. The predicted molar refractivity (Wildman–Crippen MR) is 94.5 cm³/mol. The van der Waals surface area contributed by atoms with Crippen molar-refractivity contribution >= 4 is 61.4 Å². The molecule has 2 N–H and O–H groups in total. The summed E-state index contributed by atoms with van der Waals surface area (Å²) in [5.41, 5.74) is 1.40. The molecule has 0 aliphatic rings. The van der Waals surface area contributed by atoms with Crippen molar-refractivity contribution in [3.05, 3.63) is 45.6 Å². The van der Waals surface area contributed by atoms with E-state index in [1.807, 2.05) is 17.5 Å². The summed E-state index contributed by atoms with van der Waals surface area (Å²) in [6.07, 6.45) is 0.187. The number of halogens is 1. The number of thiophene rings is 1. The summed E-state index contributed by atoms with van der Waals surface area (Å²) in [5.74, 6) is -0.366. The van der Waals surface area contributed by atoms with E-state index in [1.165, 1.54) is 22.7 Å². The van der Waals surface area contributed by atoms with Crippen LogP contribution in [0, 0.1) is 0 Å². The van der Waals surface area contributed by atoms with Crippen molar-refractivity contribution in [3.63, 3.8) is 0 Å². The average molecular weight is 366 g/mol. The van der Waals surface area contributed by atoms with Gasteiger partial charge in [-0.05, 0) is 29.6 Å². The zero-order chi connectivity index (χ0) is 16.2. The molecule has 0 fully saturated rings. The SMILES string of the molecule is O=C(CCNC(=O)c1ccsc1)Nc1nc2ccc(Cl)cc2s1. The number of aromatic nitrogens is 1. The number of nitrogens with zero attached hydrogens (tertiary/aromatic N) is 1. The molecule has 0 unspecified atom stereocenters. The zero-order valence-corrected chi connectivity index (χ0v) is 14.2. The largest absolute Gasteiger partial charge is 0.351 e. The molecule has 0 spiro atoms. The zero-order valence-electron chi connectivity index (χ0n) is 11.8. The predicted octanol–water partition coefficient (Wildman–Crippen LogP) is 3.77.